The molecular formula is C19H18Br2ClNO. The number of hydrogen-bond acceptors (Lipinski definition) is 2. The Bertz CT molecular complexity index is 774. The van der Waals surface area contributed by atoms with Crippen molar-refractivity contribution in [2.45, 2.75) is 13.0 Å². The quantitative estimate of drug-likeness (QED) is 0.432. The molecule has 1 aromatic heterocycles. The molecule has 0 fully saturated rings. The second-order valence-corrected chi connectivity index (χ2v) is 7.07. The molecule has 2 nitrogen and oxygen atoms in total. The number of hydrogen-bond donors (Lipinski definition) is 1. The summed E-state index contributed by atoms with van der Waals surface area (Å²) in [7, 11) is 0. The zero-order valence-corrected chi connectivity index (χ0v) is 17.0. The topological polar surface area (TPSA) is 25.2 Å². The van der Waals surface area contributed by atoms with E-state index in [-0.39, 0.29) is 12.4 Å². The Hall–Kier alpha value is -1.07. The van der Waals surface area contributed by atoms with Gasteiger partial charge in [-0.1, -0.05) is 46.3 Å². The van der Waals surface area contributed by atoms with Gasteiger partial charge in [0.15, 0.2) is 0 Å². The van der Waals surface area contributed by atoms with Crippen molar-refractivity contribution < 1.29 is 4.42 Å². The van der Waals surface area contributed by atoms with Gasteiger partial charge in [-0.3, -0.25) is 0 Å². The average Bonchev–Trinajstić information content (AvgIpc) is 3.01. The molecular weight excluding hydrogens is 453 g/mol. The molecule has 0 unspecified atom stereocenters. The molecule has 0 amide bonds. The summed E-state index contributed by atoms with van der Waals surface area (Å²) in [5, 5.41) is 3.43. The van der Waals surface area contributed by atoms with Crippen molar-refractivity contribution in [1.82, 2.24) is 5.32 Å². The van der Waals surface area contributed by atoms with Crippen LogP contribution < -0.4 is 5.32 Å². The fraction of sp³-hybridized carbons (Fsp3) is 0.158. The lowest BCUT2D eigenvalue weighted by molar-refractivity contribution is 0.494. The lowest BCUT2D eigenvalue weighted by Crippen LogP contribution is -2.16. The molecule has 2 aromatic carbocycles. The summed E-state index contributed by atoms with van der Waals surface area (Å²) in [4.78, 5) is 0. The van der Waals surface area contributed by atoms with Crippen LogP contribution in [0.3, 0.4) is 0 Å². The van der Waals surface area contributed by atoms with Crippen molar-refractivity contribution in [3.8, 4) is 11.3 Å². The smallest absolute Gasteiger partial charge is 0.135 e. The minimum absolute atomic E-state index is 0. The van der Waals surface area contributed by atoms with Gasteiger partial charge < -0.3 is 9.73 Å². The Balaban J connectivity index is 0.00000208. The maximum absolute atomic E-state index is 5.93. The lowest BCUT2D eigenvalue weighted by atomic mass is 10.1. The van der Waals surface area contributed by atoms with Gasteiger partial charge in [-0.05, 0) is 64.8 Å². The minimum atomic E-state index is 0. The number of nitrogens with one attached hydrogen (secondary N) is 1. The molecule has 0 spiro atoms. The Labute approximate surface area is 165 Å². The predicted octanol–water partition coefficient (Wildman–Crippen LogP) is 6.23. The Kier molecular flexibility index (Phi) is 7.56. The Morgan fingerprint density at radius 3 is 2.46 bits per heavy atom. The molecule has 3 rings (SSSR count). The summed E-state index contributed by atoms with van der Waals surface area (Å²) in [6.45, 7) is 1.67. The maximum Gasteiger partial charge on any atom is 0.135 e. The van der Waals surface area contributed by atoms with Gasteiger partial charge >= 0.3 is 0 Å². The highest BCUT2D eigenvalue weighted by Gasteiger charge is 2.08. The highest BCUT2D eigenvalue weighted by atomic mass is 79.9. The van der Waals surface area contributed by atoms with Crippen LogP contribution in [0, 0.1) is 0 Å². The van der Waals surface area contributed by atoms with Crippen LogP contribution in [0.5, 0.6) is 0 Å². The SMILES string of the molecule is Brc1ccc(-c2ccc(CNCCc3ccccc3)o2)c(Br)c1.Cl. The molecule has 0 saturated heterocycles. The first-order valence-electron chi connectivity index (χ1n) is 7.51. The molecule has 0 aliphatic heterocycles. The zero-order chi connectivity index (χ0) is 16.1. The van der Waals surface area contributed by atoms with E-state index in [4.69, 9.17) is 4.42 Å². The van der Waals surface area contributed by atoms with Crippen LogP contribution in [-0.4, -0.2) is 6.54 Å². The van der Waals surface area contributed by atoms with Crippen molar-refractivity contribution in [3.05, 3.63) is 80.9 Å². The fourth-order valence-corrected chi connectivity index (χ4v) is 3.64. The fourth-order valence-electron chi connectivity index (χ4n) is 2.40. The lowest BCUT2D eigenvalue weighted by Gasteiger charge is -2.04. The molecule has 0 saturated carbocycles. The highest BCUT2D eigenvalue weighted by Crippen LogP contribution is 2.31. The van der Waals surface area contributed by atoms with E-state index in [1.807, 2.05) is 36.4 Å². The van der Waals surface area contributed by atoms with Gasteiger partial charge in [0, 0.05) is 14.5 Å². The van der Waals surface area contributed by atoms with Gasteiger partial charge in [-0.2, -0.15) is 0 Å². The number of rotatable bonds is 6. The van der Waals surface area contributed by atoms with Crippen LogP contribution in [0.25, 0.3) is 11.3 Å². The van der Waals surface area contributed by atoms with Gasteiger partial charge in [-0.15, -0.1) is 12.4 Å². The second kappa shape index (κ2) is 9.42. The first kappa shape index (κ1) is 19.3. The van der Waals surface area contributed by atoms with E-state index in [1.165, 1.54) is 5.56 Å². The monoisotopic (exact) mass is 469 g/mol. The number of furan rings is 1. The second-order valence-electron chi connectivity index (χ2n) is 5.30. The molecule has 0 aliphatic rings. The number of benzene rings is 2. The molecule has 1 N–H and O–H groups in total. The molecule has 5 heteroatoms. The van der Waals surface area contributed by atoms with E-state index in [2.05, 4.69) is 61.4 Å². The summed E-state index contributed by atoms with van der Waals surface area (Å²) in [6, 6.07) is 20.6. The van der Waals surface area contributed by atoms with E-state index in [9.17, 15) is 0 Å². The normalized spacial score (nSPS) is 10.4. The molecule has 0 radical (unpaired) electrons. The number of halogens is 3. The van der Waals surface area contributed by atoms with Crippen LogP contribution in [-0.2, 0) is 13.0 Å². The molecule has 3 aromatic rings. The summed E-state index contributed by atoms with van der Waals surface area (Å²) >= 11 is 7.04. The van der Waals surface area contributed by atoms with Gasteiger partial charge in [-0.25, -0.2) is 0 Å². The minimum Gasteiger partial charge on any atom is -0.460 e. The van der Waals surface area contributed by atoms with Crippen molar-refractivity contribution in [2.75, 3.05) is 6.54 Å². The van der Waals surface area contributed by atoms with Crippen LogP contribution in [0.2, 0.25) is 0 Å². The van der Waals surface area contributed by atoms with Crippen LogP contribution in [0.1, 0.15) is 11.3 Å². The first-order chi connectivity index (χ1) is 11.2. The third-order valence-corrected chi connectivity index (χ3v) is 4.74. The molecule has 24 heavy (non-hydrogen) atoms. The third kappa shape index (κ3) is 5.21. The van der Waals surface area contributed by atoms with Crippen LogP contribution in [0.4, 0.5) is 0 Å². The van der Waals surface area contributed by atoms with Crippen molar-refractivity contribution >= 4 is 44.3 Å². The Morgan fingerprint density at radius 1 is 0.917 bits per heavy atom. The molecule has 0 aliphatic carbocycles. The van der Waals surface area contributed by atoms with Gasteiger partial charge in [0.05, 0.1) is 6.54 Å². The molecule has 1 heterocycles. The van der Waals surface area contributed by atoms with E-state index in [0.29, 0.717) is 0 Å². The van der Waals surface area contributed by atoms with Gasteiger partial charge in [0.2, 0.25) is 0 Å². The van der Waals surface area contributed by atoms with Crippen molar-refractivity contribution in [2.24, 2.45) is 0 Å². The van der Waals surface area contributed by atoms with Gasteiger partial charge in [0.25, 0.3) is 0 Å². The summed E-state index contributed by atoms with van der Waals surface area (Å²) < 4.78 is 8.00. The summed E-state index contributed by atoms with van der Waals surface area (Å²) in [6.07, 6.45) is 1.02. The van der Waals surface area contributed by atoms with Crippen molar-refractivity contribution in [1.29, 1.82) is 0 Å². The van der Waals surface area contributed by atoms with E-state index >= 15 is 0 Å². The van der Waals surface area contributed by atoms with Crippen molar-refractivity contribution in [3.63, 3.8) is 0 Å². The summed E-state index contributed by atoms with van der Waals surface area (Å²) in [5.41, 5.74) is 2.41. The molecule has 0 bridgehead atoms. The summed E-state index contributed by atoms with van der Waals surface area (Å²) in [5.74, 6) is 1.83. The maximum atomic E-state index is 5.93. The average molecular weight is 472 g/mol. The molecule has 126 valence electrons. The van der Waals surface area contributed by atoms with E-state index < -0.39 is 0 Å². The molecule has 0 atom stereocenters. The standard InChI is InChI=1S/C19H17Br2NO.ClH/c20-15-6-8-17(18(21)12-15)19-9-7-16(23-19)13-22-11-10-14-4-2-1-3-5-14;/h1-9,12,22H,10-11,13H2;1H. The van der Waals surface area contributed by atoms with E-state index in [1.54, 1.807) is 0 Å². The Morgan fingerprint density at radius 2 is 1.71 bits per heavy atom. The highest BCUT2D eigenvalue weighted by molar-refractivity contribution is 9.11. The van der Waals surface area contributed by atoms with Gasteiger partial charge in [0.1, 0.15) is 11.5 Å². The van der Waals surface area contributed by atoms with Crippen LogP contribution in [0.15, 0.2) is 74.0 Å². The third-order valence-electron chi connectivity index (χ3n) is 3.59. The zero-order valence-electron chi connectivity index (χ0n) is 13.0. The predicted molar refractivity (Wildman–Crippen MR) is 109 cm³/mol. The first-order valence-corrected chi connectivity index (χ1v) is 9.10. The van der Waals surface area contributed by atoms with E-state index in [0.717, 1.165) is 45.5 Å². The largest absolute Gasteiger partial charge is 0.460 e. The van der Waals surface area contributed by atoms with Crippen LogP contribution >= 0.6 is 44.3 Å².